The molecule has 0 aromatic heterocycles. The van der Waals surface area contributed by atoms with E-state index in [1.165, 1.54) is 12.8 Å². The molecule has 0 saturated carbocycles. The van der Waals surface area contributed by atoms with Crippen LogP contribution in [0.5, 0.6) is 11.5 Å². The fourth-order valence-corrected chi connectivity index (χ4v) is 3.42. The Bertz CT molecular complexity index is 695. The Balaban J connectivity index is 2.03. The van der Waals surface area contributed by atoms with Crippen molar-refractivity contribution in [3.63, 3.8) is 0 Å². The molecule has 0 aliphatic carbocycles. The zero-order chi connectivity index (χ0) is 19.2. The van der Waals surface area contributed by atoms with Crippen molar-refractivity contribution in [2.45, 2.75) is 18.9 Å². The minimum absolute atomic E-state index is 0.0835. The number of aliphatic imine (C=N–C) groups is 1. The van der Waals surface area contributed by atoms with Gasteiger partial charge in [-0.3, -0.25) is 0 Å². The third-order valence-electron chi connectivity index (χ3n) is 5.03. The molecule has 1 aliphatic rings. The van der Waals surface area contributed by atoms with E-state index in [9.17, 15) is 0 Å². The van der Waals surface area contributed by atoms with Crippen molar-refractivity contribution in [1.29, 1.82) is 0 Å². The van der Waals surface area contributed by atoms with Gasteiger partial charge in [-0.1, -0.05) is 24.3 Å². The van der Waals surface area contributed by atoms with Crippen molar-refractivity contribution in [3.8, 4) is 11.5 Å². The maximum atomic E-state index is 5.32. The fourth-order valence-electron chi connectivity index (χ4n) is 3.42. The summed E-state index contributed by atoms with van der Waals surface area (Å²) >= 11 is 0. The number of benzene rings is 2. The monoisotopic (exact) mass is 367 g/mol. The second-order valence-electron chi connectivity index (χ2n) is 6.93. The highest BCUT2D eigenvalue weighted by molar-refractivity contribution is 5.80. The molecule has 5 nitrogen and oxygen atoms in total. The van der Waals surface area contributed by atoms with E-state index in [1.54, 1.807) is 14.2 Å². The Morgan fingerprint density at radius 2 is 1.15 bits per heavy atom. The Morgan fingerprint density at radius 1 is 0.741 bits per heavy atom. The van der Waals surface area contributed by atoms with E-state index >= 15 is 0 Å². The van der Waals surface area contributed by atoms with Crippen LogP contribution in [-0.2, 0) is 0 Å². The molecule has 0 bridgehead atoms. The molecule has 1 fully saturated rings. The summed E-state index contributed by atoms with van der Waals surface area (Å²) in [7, 11) is 7.62. The zero-order valence-corrected chi connectivity index (χ0v) is 16.7. The molecule has 1 saturated heterocycles. The number of methoxy groups -OCH3 is 2. The number of hydrogen-bond acceptors (Lipinski definition) is 3. The molecule has 0 N–H and O–H groups in total. The molecule has 0 unspecified atom stereocenters. The summed E-state index contributed by atoms with van der Waals surface area (Å²) in [6.07, 6.45) is 2.38. The van der Waals surface area contributed by atoms with E-state index in [0.717, 1.165) is 41.7 Å². The highest BCUT2D eigenvalue weighted by Gasteiger charge is 2.20. The van der Waals surface area contributed by atoms with E-state index in [0.29, 0.717) is 0 Å². The highest BCUT2D eigenvalue weighted by atomic mass is 16.5. The van der Waals surface area contributed by atoms with Crippen molar-refractivity contribution in [2.75, 3.05) is 41.4 Å². The molecular weight excluding hydrogens is 338 g/mol. The second-order valence-corrected chi connectivity index (χ2v) is 6.93. The Morgan fingerprint density at radius 3 is 1.52 bits per heavy atom. The van der Waals surface area contributed by atoms with Crippen LogP contribution in [0, 0.1) is 0 Å². The van der Waals surface area contributed by atoms with E-state index in [-0.39, 0.29) is 6.04 Å². The van der Waals surface area contributed by atoms with Crippen LogP contribution in [0.15, 0.2) is 53.5 Å². The third kappa shape index (κ3) is 4.54. The molecule has 2 aromatic rings. The molecule has 1 heterocycles. The van der Waals surface area contributed by atoms with Gasteiger partial charge in [0.25, 0.3) is 0 Å². The molecule has 0 radical (unpaired) electrons. The van der Waals surface area contributed by atoms with Crippen molar-refractivity contribution in [1.82, 2.24) is 9.80 Å². The largest absolute Gasteiger partial charge is 0.497 e. The first-order chi connectivity index (χ1) is 13.1. The van der Waals surface area contributed by atoms with E-state index in [4.69, 9.17) is 14.5 Å². The first-order valence-electron chi connectivity index (χ1n) is 9.40. The van der Waals surface area contributed by atoms with E-state index in [2.05, 4.69) is 48.2 Å². The molecule has 0 atom stereocenters. The molecule has 2 aromatic carbocycles. The smallest absolute Gasteiger partial charge is 0.197 e. The predicted octanol–water partition coefficient (Wildman–Crippen LogP) is 3.81. The molecule has 27 heavy (non-hydrogen) atoms. The maximum Gasteiger partial charge on any atom is 0.197 e. The van der Waals surface area contributed by atoms with Crippen molar-refractivity contribution in [3.05, 3.63) is 59.7 Å². The first-order valence-corrected chi connectivity index (χ1v) is 9.40. The lowest BCUT2D eigenvalue weighted by Gasteiger charge is -2.28. The quantitative estimate of drug-likeness (QED) is 0.805. The molecule has 3 rings (SSSR count). The second kappa shape index (κ2) is 8.80. The minimum Gasteiger partial charge on any atom is -0.497 e. The summed E-state index contributed by atoms with van der Waals surface area (Å²) in [5, 5.41) is 0. The lowest BCUT2D eigenvalue weighted by Crippen LogP contribution is -2.39. The Labute approximate surface area is 162 Å². The summed E-state index contributed by atoms with van der Waals surface area (Å²) in [4.78, 5) is 9.71. The predicted molar refractivity (Wildman–Crippen MR) is 110 cm³/mol. The minimum atomic E-state index is -0.0835. The average molecular weight is 367 g/mol. The van der Waals surface area contributed by atoms with Crippen LogP contribution < -0.4 is 9.47 Å². The highest BCUT2D eigenvalue weighted by Crippen LogP contribution is 2.30. The van der Waals surface area contributed by atoms with Crippen LogP contribution in [0.3, 0.4) is 0 Å². The summed E-state index contributed by atoms with van der Waals surface area (Å²) in [5.74, 6) is 2.73. The van der Waals surface area contributed by atoms with Crippen LogP contribution in [0.1, 0.15) is 30.0 Å². The number of rotatable bonds is 5. The lowest BCUT2D eigenvalue weighted by atomic mass is 9.99. The van der Waals surface area contributed by atoms with Crippen LogP contribution in [-0.4, -0.2) is 57.2 Å². The summed E-state index contributed by atoms with van der Waals surface area (Å²) in [6, 6.07) is 16.3. The van der Waals surface area contributed by atoms with E-state index < -0.39 is 0 Å². The first kappa shape index (κ1) is 19.1. The fraction of sp³-hybridized carbons (Fsp3) is 0.409. The summed E-state index contributed by atoms with van der Waals surface area (Å²) < 4.78 is 10.6. The van der Waals surface area contributed by atoms with Crippen molar-refractivity contribution < 1.29 is 9.47 Å². The number of guanidine groups is 1. The van der Waals surface area contributed by atoms with Gasteiger partial charge in [-0.15, -0.1) is 0 Å². The number of hydrogen-bond donors (Lipinski definition) is 0. The van der Waals surface area contributed by atoms with Crippen LogP contribution >= 0.6 is 0 Å². The van der Waals surface area contributed by atoms with Gasteiger partial charge >= 0.3 is 0 Å². The standard InChI is InChI=1S/C22H29N3O2/c1-24-15-5-6-16-25(2)22(24)23-21(17-7-11-19(26-3)12-8-17)18-9-13-20(27-4)14-10-18/h7-14,21H,5-6,15-16H2,1-4H3. The normalized spacial score (nSPS) is 14.9. The molecular formula is C22H29N3O2. The molecule has 0 spiro atoms. The number of ether oxygens (including phenoxy) is 2. The van der Waals surface area contributed by atoms with Gasteiger partial charge in [0, 0.05) is 27.2 Å². The number of nitrogens with zero attached hydrogens (tertiary/aromatic N) is 3. The SMILES string of the molecule is COc1ccc(C(N=C2N(C)CCCCN2C)c2ccc(OC)cc2)cc1. The van der Waals surface area contributed by atoms with Gasteiger partial charge in [-0.25, -0.2) is 4.99 Å². The zero-order valence-electron chi connectivity index (χ0n) is 16.7. The molecule has 5 heteroatoms. The van der Waals surface area contributed by atoms with Gasteiger partial charge in [0.1, 0.15) is 17.5 Å². The summed E-state index contributed by atoms with van der Waals surface area (Å²) in [6.45, 7) is 2.06. The van der Waals surface area contributed by atoms with Gasteiger partial charge < -0.3 is 19.3 Å². The van der Waals surface area contributed by atoms with Crippen LogP contribution in [0.25, 0.3) is 0 Å². The topological polar surface area (TPSA) is 37.3 Å². The maximum absolute atomic E-state index is 5.32. The molecule has 0 amide bonds. The van der Waals surface area contributed by atoms with Gasteiger partial charge in [0.15, 0.2) is 5.96 Å². The van der Waals surface area contributed by atoms with Crippen molar-refractivity contribution >= 4 is 5.96 Å². The van der Waals surface area contributed by atoms with Gasteiger partial charge in [-0.2, -0.15) is 0 Å². The van der Waals surface area contributed by atoms with Crippen molar-refractivity contribution in [2.24, 2.45) is 4.99 Å². The van der Waals surface area contributed by atoms with Gasteiger partial charge in [0.2, 0.25) is 0 Å². The molecule has 144 valence electrons. The van der Waals surface area contributed by atoms with Gasteiger partial charge in [0.05, 0.1) is 14.2 Å². The summed E-state index contributed by atoms with van der Waals surface area (Å²) in [5.41, 5.74) is 2.28. The Kier molecular flexibility index (Phi) is 6.22. The molecule has 1 aliphatic heterocycles. The Hall–Kier alpha value is -2.69. The van der Waals surface area contributed by atoms with Gasteiger partial charge in [-0.05, 0) is 48.2 Å². The van der Waals surface area contributed by atoms with E-state index in [1.807, 2.05) is 24.3 Å². The average Bonchev–Trinajstić information content (AvgIpc) is 2.87. The third-order valence-corrected chi connectivity index (χ3v) is 5.03. The van der Waals surface area contributed by atoms with Crippen LogP contribution in [0.4, 0.5) is 0 Å². The lowest BCUT2D eigenvalue weighted by molar-refractivity contribution is 0.414. The van der Waals surface area contributed by atoms with Crippen LogP contribution in [0.2, 0.25) is 0 Å².